The molecule has 1 aromatic carbocycles. The number of benzene rings is 1. The lowest BCUT2D eigenvalue weighted by Crippen LogP contribution is -2.03. The molecule has 0 spiro atoms. The lowest BCUT2D eigenvalue weighted by Gasteiger charge is -2.09. The van der Waals surface area contributed by atoms with E-state index in [-0.39, 0.29) is 5.82 Å². The molecule has 0 aliphatic carbocycles. The number of nitrogens with zero attached hydrogens (tertiary/aromatic N) is 3. The third-order valence-electron chi connectivity index (χ3n) is 3.07. The van der Waals surface area contributed by atoms with Gasteiger partial charge in [0, 0.05) is 24.2 Å². The first-order chi connectivity index (χ1) is 10.3. The van der Waals surface area contributed by atoms with Gasteiger partial charge in [0.05, 0.1) is 12.6 Å². The SMILES string of the molecule is COc1cc(CNc2ncnc3ccc(F)cc23)ccn1. The van der Waals surface area contributed by atoms with Gasteiger partial charge < -0.3 is 10.1 Å². The molecule has 0 saturated heterocycles. The monoisotopic (exact) mass is 284 g/mol. The summed E-state index contributed by atoms with van der Waals surface area (Å²) in [5.74, 6) is 0.828. The molecule has 0 atom stereocenters. The predicted molar refractivity (Wildman–Crippen MR) is 77.6 cm³/mol. The number of halogens is 1. The number of ether oxygens (including phenoxy) is 1. The zero-order valence-electron chi connectivity index (χ0n) is 11.4. The van der Waals surface area contributed by atoms with Gasteiger partial charge in [0.2, 0.25) is 5.88 Å². The first-order valence-corrected chi connectivity index (χ1v) is 6.39. The Kier molecular flexibility index (Phi) is 3.59. The number of anilines is 1. The largest absolute Gasteiger partial charge is 0.481 e. The molecule has 0 fully saturated rings. The second kappa shape index (κ2) is 5.70. The molecule has 2 heterocycles. The van der Waals surface area contributed by atoms with Crippen molar-refractivity contribution >= 4 is 16.7 Å². The molecule has 0 radical (unpaired) electrons. The fraction of sp³-hybridized carbons (Fsp3) is 0.133. The van der Waals surface area contributed by atoms with Gasteiger partial charge in [0.25, 0.3) is 0 Å². The van der Waals surface area contributed by atoms with E-state index in [0.29, 0.717) is 29.1 Å². The molecule has 0 aliphatic rings. The minimum absolute atomic E-state index is 0.314. The first kappa shape index (κ1) is 13.2. The number of fused-ring (bicyclic) bond motifs is 1. The third kappa shape index (κ3) is 2.89. The molecule has 0 amide bonds. The average molecular weight is 284 g/mol. The number of hydrogen-bond acceptors (Lipinski definition) is 5. The summed E-state index contributed by atoms with van der Waals surface area (Å²) < 4.78 is 18.4. The molecule has 2 aromatic heterocycles. The second-order valence-corrected chi connectivity index (χ2v) is 4.44. The molecule has 0 unspecified atom stereocenters. The molecule has 0 saturated carbocycles. The molecule has 5 nitrogen and oxygen atoms in total. The first-order valence-electron chi connectivity index (χ1n) is 6.39. The Bertz CT molecular complexity index is 778. The second-order valence-electron chi connectivity index (χ2n) is 4.44. The Morgan fingerprint density at radius 1 is 1.14 bits per heavy atom. The fourth-order valence-corrected chi connectivity index (χ4v) is 2.03. The van der Waals surface area contributed by atoms with E-state index >= 15 is 0 Å². The number of hydrogen-bond donors (Lipinski definition) is 1. The van der Waals surface area contributed by atoms with Crippen LogP contribution in [0.4, 0.5) is 10.2 Å². The van der Waals surface area contributed by atoms with E-state index in [1.54, 1.807) is 19.4 Å². The maximum Gasteiger partial charge on any atom is 0.213 e. The smallest absolute Gasteiger partial charge is 0.213 e. The minimum atomic E-state index is -0.314. The molecule has 1 N–H and O–H groups in total. The third-order valence-corrected chi connectivity index (χ3v) is 3.07. The molecule has 0 aliphatic heterocycles. The van der Waals surface area contributed by atoms with Crippen LogP contribution in [0.1, 0.15) is 5.56 Å². The van der Waals surface area contributed by atoms with Crippen molar-refractivity contribution < 1.29 is 9.13 Å². The van der Waals surface area contributed by atoms with E-state index in [1.165, 1.54) is 18.5 Å². The van der Waals surface area contributed by atoms with Crippen LogP contribution in [0, 0.1) is 5.82 Å². The van der Waals surface area contributed by atoms with Crippen LogP contribution in [0.5, 0.6) is 5.88 Å². The number of aromatic nitrogens is 3. The summed E-state index contributed by atoms with van der Waals surface area (Å²) in [4.78, 5) is 12.3. The van der Waals surface area contributed by atoms with Crippen LogP contribution in [0.25, 0.3) is 10.9 Å². The van der Waals surface area contributed by atoms with Crippen molar-refractivity contribution in [2.24, 2.45) is 0 Å². The summed E-state index contributed by atoms with van der Waals surface area (Å²) in [5, 5.41) is 3.83. The van der Waals surface area contributed by atoms with Gasteiger partial charge in [-0.25, -0.2) is 19.3 Å². The van der Waals surface area contributed by atoms with E-state index in [2.05, 4.69) is 20.3 Å². The fourth-order valence-electron chi connectivity index (χ4n) is 2.03. The highest BCUT2D eigenvalue weighted by Gasteiger charge is 2.05. The average Bonchev–Trinajstić information content (AvgIpc) is 2.53. The summed E-state index contributed by atoms with van der Waals surface area (Å²) in [6.45, 7) is 0.529. The molecule has 21 heavy (non-hydrogen) atoms. The van der Waals surface area contributed by atoms with Gasteiger partial charge in [-0.15, -0.1) is 0 Å². The highest BCUT2D eigenvalue weighted by Crippen LogP contribution is 2.21. The summed E-state index contributed by atoms with van der Waals surface area (Å²) >= 11 is 0. The van der Waals surface area contributed by atoms with Crippen molar-refractivity contribution in [2.45, 2.75) is 6.54 Å². The maximum atomic E-state index is 13.4. The van der Waals surface area contributed by atoms with E-state index in [4.69, 9.17) is 4.74 Å². The van der Waals surface area contributed by atoms with Gasteiger partial charge in [-0.1, -0.05) is 0 Å². The van der Waals surface area contributed by atoms with Crippen molar-refractivity contribution in [3.05, 3.63) is 54.2 Å². The number of pyridine rings is 1. The summed E-state index contributed by atoms with van der Waals surface area (Å²) in [6, 6.07) is 8.14. The lowest BCUT2D eigenvalue weighted by atomic mass is 10.2. The van der Waals surface area contributed by atoms with E-state index in [0.717, 1.165) is 5.56 Å². The zero-order chi connectivity index (χ0) is 14.7. The van der Waals surface area contributed by atoms with E-state index < -0.39 is 0 Å². The molecule has 106 valence electrons. The molecule has 0 bridgehead atoms. The molecule has 3 aromatic rings. The van der Waals surface area contributed by atoms with Gasteiger partial charge in [0.1, 0.15) is 18.0 Å². The quantitative estimate of drug-likeness (QED) is 0.798. The standard InChI is InChI=1S/C15H13FN4O/c1-21-14-6-10(4-5-17-14)8-18-15-12-7-11(16)2-3-13(12)19-9-20-15/h2-7,9H,8H2,1H3,(H,18,19,20). The van der Waals surface area contributed by atoms with Crippen molar-refractivity contribution in [3.63, 3.8) is 0 Å². The van der Waals surface area contributed by atoms with Gasteiger partial charge in [-0.05, 0) is 29.8 Å². The van der Waals surface area contributed by atoms with Gasteiger partial charge in [0.15, 0.2) is 0 Å². The Balaban J connectivity index is 1.86. The number of methoxy groups -OCH3 is 1. The Morgan fingerprint density at radius 3 is 2.90 bits per heavy atom. The van der Waals surface area contributed by atoms with Crippen LogP contribution in [0.3, 0.4) is 0 Å². The zero-order valence-corrected chi connectivity index (χ0v) is 11.4. The minimum Gasteiger partial charge on any atom is -0.481 e. The summed E-state index contributed by atoms with van der Waals surface area (Å²) in [5.41, 5.74) is 1.69. The molecule has 3 rings (SSSR count). The Morgan fingerprint density at radius 2 is 2.05 bits per heavy atom. The van der Waals surface area contributed by atoms with Crippen LogP contribution < -0.4 is 10.1 Å². The maximum absolute atomic E-state index is 13.4. The van der Waals surface area contributed by atoms with E-state index in [9.17, 15) is 4.39 Å². The van der Waals surface area contributed by atoms with Crippen LogP contribution in [0.15, 0.2) is 42.9 Å². The van der Waals surface area contributed by atoms with E-state index in [1.807, 2.05) is 12.1 Å². The van der Waals surface area contributed by atoms with Crippen LogP contribution in [-0.2, 0) is 6.54 Å². The van der Waals surface area contributed by atoms with Gasteiger partial charge in [-0.2, -0.15) is 0 Å². The lowest BCUT2D eigenvalue weighted by molar-refractivity contribution is 0.397. The van der Waals surface area contributed by atoms with Crippen molar-refractivity contribution in [3.8, 4) is 5.88 Å². The van der Waals surface area contributed by atoms with Crippen molar-refractivity contribution in [1.82, 2.24) is 15.0 Å². The van der Waals surface area contributed by atoms with Crippen LogP contribution >= 0.6 is 0 Å². The van der Waals surface area contributed by atoms with Crippen molar-refractivity contribution in [2.75, 3.05) is 12.4 Å². The summed E-state index contributed by atoms with van der Waals surface area (Å²) in [6.07, 6.45) is 3.13. The van der Waals surface area contributed by atoms with Crippen LogP contribution in [-0.4, -0.2) is 22.1 Å². The topological polar surface area (TPSA) is 59.9 Å². The predicted octanol–water partition coefficient (Wildman–Crippen LogP) is 2.78. The number of nitrogens with one attached hydrogen (secondary N) is 1. The van der Waals surface area contributed by atoms with Crippen LogP contribution in [0.2, 0.25) is 0 Å². The normalized spacial score (nSPS) is 10.6. The Labute approximate surface area is 120 Å². The van der Waals surface area contributed by atoms with Gasteiger partial charge in [-0.3, -0.25) is 0 Å². The Hall–Kier alpha value is -2.76. The highest BCUT2D eigenvalue weighted by atomic mass is 19.1. The molecular formula is C15H13FN4O. The molecule has 6 heteroatoms. The highest BCUT2D eigenvalue weighted by molar-refractivity contribution is 5.88. The summed E-state index contributed by atoms with van der Waals surface area (Å²) in [7, 11) is 1.57. The molecular weight excluding hydrogens is 271 g/mol. The van der Waals surface area contributed by atoms with Crippen molar-refractivity contribution in [1.29, 1.82) is 0 Å². The van der Waals surface area contributed by atoms with Gasteiger partial charge >= 0.3 is 0 Å². The number of rotatable bonds is 4.